The van der Waals surface area contributed by atoms with Crippen molar-refractivity contribution in [2.75, 3.05) is 12.0 Å². The van der Waals surface area contributed by atoms with Crippen LogP contribution in [0.15, 0.2) is 66.4 Å². The van der Waals surface area contributed by atoms with Crippen molar-refractivity contribution in [3.05, 3.63) is 82.6 Å². The van der Waals surface area contributed by atoms with Gasteiger partial charge in [0.15, 0.2) is 5.11 Å². The minimum Gasteiger partial charge on any atom is -0.497 e. The van der Waals surface area contributed by atoms with E-state index in [0.717, 1.165) is 11.4 Å². The second kappa shape index (κ2) is 8.37. The van der Waals surface area contributed by atoms with Crippen molar-refractivity contribution in [1.29, 1.82) is 0 Å². The Morgan fingerprint density at radius 1 is 1.06 bits per heavy atom. The van der Waals surface area contributed by atoms with E-state index in [4.69, 9.17) is 28.6 Å². The zero-order valence-corrected chi connectivity index (χ0v) is 18.3. The molecule has 6 nitrogen and oxygen atoms in total. The summed E-state index contributed by atoms with van der Waals surface area (Å²) in [7, 11) is 1.60. The summed E-state index contributed by atoms with van der Waals surface area (Å²) < 4.78 is 7.07. The number of amides is 2. The molecular weight excluding hydrogens is 434 g/mol. The lowest BCUT2D eigenvalue weighted by Crippen LogP contribution is -2.54. The van der Waals surface area contributed by atoms with Gasteiger partial charge in [0.2, 0.25) is 0 Å². The molecule has 0 saturated carbocycles. The number of aromatic nitrogens is 1. The zero-order valence-electron chi connectivity index (χ0n) is 16.8. The topological polar surface area (TPSA) is 63.6 Å². The van der Waals surface area contributed by atoms with Gasteiger partial charge in [-0.2, -0.15) is 0 Å². The van der Waals surface area contributed by atoms with Gasteiger partial charge in [-0.05, 0) is 79.3 Å². The lowest BCUT2D eigenvalue weighted by atomic mass is 10.1. The first kappa shape index (κ1) is 20.8. The number of rotatable bonds is 4. The van der Waals surface area contributed by atoms with Crippen LogP contribution in [0.1, 0.15) is 11.3 Å². The van der Waals surface area contributed by atoms with Crippen molar-refractivity contribution in [3.63, 3.8) is 0 Å². The Balaban J connectivity index is 1.75. The maximum atomic E-state index is 13.3. The highest BCUT2D eigenvalue weighted by Gasteiger charge is 2.35. The average Bonchev–Trinajstić information content (AvgIpc) is 3.22. The summed E-state index contributed by atoms with van der Waals surface area (Å²) in [6.45, 7) is 1.79. The number of ether oxygens (including phenoxy) is 1. The summed E-state index contributed by atoms with van der Waals surface area (Å²) in [6.07, 6.45) is 3.40. The number of thiocarbonyl (C=S) groups is 1. The molecule has 8 heteroatoms. The third kappa shape index (κ3) is 3.85. The molecule has 1 aliphatic rings. The number of methoxy groups -OCH3 is 1. The van der Waals surface area contributed by atoms with Crippen molar-refractivity contribution >= 4 is 52.5 Å². The van der Waals surface area contributed by atoms with Crippen molar-refractivity contribution < 1.29 is 14.3 Å². The van der Waals surface area contributed by atoms with E-state index in [1.807, 2.05) is 47.2 Å². The van der Waals surface area contributed by atoms with E-state index in [1.54, 1.807) is 38.3 Å². The summed E-state index contributed by atoms with van der Waals surface area (Å²) >= 11 is 11.5. The Hall–Kier alpha value is -3.42. The van der Waals surface area contributed by atoms with Crippen LogP contribution in [0, 0.1) is 6.92 Å². The van der Waals surface area contributed by atoms with Gasteiger partial charge < -0.3 is 9.30 Å². The summed E-state index contributed by atoms with van der Waals surface area (Å²) in [5.74, 6) is -0.325. The van der Waals surface area contributed by atoms with Gasteiger partial charge in [-0.3, -0.25) is 19.8 Å². The van der Waals surface area contributed by atoms with Crippen molar-refractivity contribution in [2.24, 2.45) is 0 Å². The number of anilines is 1. The minimum atomic E-state index is -0.548. The number of benzene rings is 2. The van der Waals surface area contributed by atoms with Gasteiger partial charge >= 0.3 is 0 Å². The molecule has 1 fully saturated rings. The van der Waals surface area contributed by atoms with E-state index >= 15 is 0 Å². The lowest BCUT2D eigenvalue weighted by molar-refractivity contribution is -0.122. The van der Waals surface area contributed by atoms with E-state index in [0.29, 0.717) is 22.0 Å². The van der Waals surface area contributed by atoms with Crippen molar-refractivity contribution in [2.45, 2.75) is 6.92 Å². The number of nitrogens with one attached hydrogen (secondary N) is 1. The standard InChI is InChI=1S/C23H18ClN3O3S/c1-14-19(24)6-3-7-20(14)27-22(29)18(21(28)25-23(27)31)13-16-5-4-12-26(16)15-8-10-17(30-2)11-9-15/h3-13H,1-2H3,(H,25,28,31)/b18-13-. The quantitative estimate of drug-likeness (QED) is 0.365. The van der Waals surface area contributed by atoms with Gasteiger partial charge in [0.25, 0.3) is 11.8 Å². The van der Waals surface area contributed by atoms with Crippen LogP contribution >= 0.6 is 23.8 Å². The van der Waals surface area contributed by atoms with Crippen molar-refractivity contribution in [1.82, 2.24) is 9.88 Å². The monoisotopic (exact) mass is 451 g/mol. The predicted molar refractivity (Wildman–Crippen MR) is 125 cm³/mol. The van der Waals surface area contributed by atoms with E-state index < -0.39 is 11.8 Å². The van der Waals surface area contributed by atoms with Crippen LogP contribution in [-0.2, 0) is 9.59 Å². The number of carbonyl (C=O) groups excluding carboxylic acids is 2. The van der Waals surface area contributed by atoms with E-state index in [2.05, 4.69) is 5.32 Å². The fourth-order valence-electron chi connectivity index (χ4n) is 3.35. The Morgan fingerprint density at radius 2 is 1.81 bits per heavy atom. The van der Waals surface area contributed by atoms with Gasteiger partial charge in [-0.25, -0.2) is 0 Å². The molecule has 1 aromatic heterocycles. The number of carbonyl (C=O) groups is 2. The van der Waals surface area contributed by atoms with Crippen LogP contribution in [-0.4, -0.2) is 28.6 Å². The fraction of sp³-hybridized carbons (Fsp3) is 0.0870. The molecule has 3 aromatic rings. The second-order valence-corrected chi connectivity index (χ2v) is 7.64. The summed E-state index contributed by atoms with van der Waals surface area (Å²) in [5, 5.41) is 3.12. The van der Waals surface area contributed by atoms with Crippen LogP contribution in [0.2, 0.25) is 5.02 Å². The number of hydrogen-bond donors (Lipinski definition) is 1. The van der Waals surface area contributed by atoms with Crippen LogP contribution in [0.3, 0.4) is 0 Å². The molecule has 1 saturated heterocycles. The molecule has 0 unspecified atom stereocenters. The van der Waals surface area contributed by atoms with Gasteiger partial charge in [0.1, 0.15) is 11.3 Å². The Morgan fingerprint density at radius 3 is 2.52 bits per heavy atom. The molecule has 0 atom stereocenters. The Labute approximate surface area is 189 Å². The molecule has 2 aromatic carbocycles. The first-order valence-electron chi connectivity index (χ1n) is 9.39. The smallest absolute Gasteiger partial charge is 0.270 e. The SMILES string of the molecule is COc1ccc(-n2cccc2/C=C2/C(=O)NC(=S)N(c3cccc(Cl)c3C)C2=O)cc1. The number of hydrogen-bond acceptors (Lipinski definition) is 4. The minimum absolute atomic E-state index is 0.0167. The maximum Gasteiger partial charge on any atom is 0.270 e. The van der Waals surface area contributed by atoms with Gasteiger partial charge in [0.05, 0.1) is 12.8 Å². The molecule has 31 heavy (non-hydrogen) atoms. The van der Waals surface area contributed by atoms with E-state index in [-0.39, 0.29) is 10.7 Å². The van der Waals surface area contributed by atoms with Crippen LogP contribution in [0.5, 0.6) is 5.75 Å². The van der Waals surface area contributed by atoms with Crippen LogP contribution < -0.4 is 15.0 Å². The Kier molecular flexibility index (Phi) is 5.63. The third-order valence-corrected chi connectivity index (χ3v) is 5.70. The molecule has 156 valence electrons. The van der Waals surface area contributed by atoms with Crippen LogP contribution in [0.4, 0.5) is 5.69 Å². The van der Waals surface area contributed by atoms with Gasteiger partial charge in [-0.1, -0.05) is 17.7 Å². The highest BCUT2D eigenvalue weighted by Crippen LogP contribution is 2.30. The summed E-state index contributed by atoms with van der Waals surface area (Å²) in [4.78, 5) is 27.2. The highest BCUT2D eigenvalue weighted by atomic mass is 35.5. The van der Waals surface area contributed by atoms with Gasteiger partial charge in [0, 0.05) is 22.6 Å². The molecule has 0 radical (unpaired) electrons. The largest absolute Gasteiger partial charge is 0.497 e. The summed E-state index contributed by atoms with van der Waals surface area (Å²) in [6, 6.07) is 16.3. The Bertz CT molecular complexity index is 1230. The van der Waals surface area contributed by atoms with Gasteiger partial charge in [-0.15, -0.1) is 0 Å². The molecule has 1 N–H and O–H groups in total. The number of halogens is 1. The first-order chi connectivity index (χ1) is 14.9. The first-order valence-corrected chi connectivity index (χ1v) is 10.2. The predicted octanol–water partition coefficient (Wildman–Crippen LogP) is 4.28. The molecule has 0 spiro atoms. The molecule has 0 bridgehead atoms. The van der Waals surface area contributed by atoms with E-state index in [9.17, 15) is 9.59 Å². The van der Waals surface area contributed by atoms with E-state index in [1.165, 1.54) is 4.90 Å². The normalized spacial score (nSPS) is 15.4. The maximum absolute atomic E-state index is 13.3. The van der Waals surface area contributed by atoms with Crippen LogP contribution in [0.25, 0.3) is 11.8 Å². The molecule has 2 amide bonds. The van der Waals surface area contributed by atoms with Crippen molar-refractivity contribution in [3.8, 4) is 11.4 Å². The average molecular weight is 452 g/mol. The third-order valence-electron chi connectivity index (χ3n) is 5.00. The lowest BCUT2D eigenvalue weighted by Gasteiger charge is -2.30. The zero-order chi connectivity index (χ0) is 22.1. The summed E-state index contributed by atoms with van der Waals surface area (Å²) in [5.41, 5.74) is 2.72. The molecule has 1 aliphatic heterocycles. The molecule has 4 rings (SSSR count). The fourth-order valence-corrected chi connectivity index (χ4v) is 3.80. The molecular formula is C23H18ClN3O3S. The second-order valence-electron chi connectivity index (χ2n) is 6.84. The highest BCUT2D eigenvalue weighted by molar-refractivity contribution is 7.80. The molecule has 2 heterocycles. The number of nitrogens with zero attached hydrogens (tertiary/aromatic N) is 2. The molecule has 0 aliphatic carbocycles.